The van der Waals surface area contributed by atoms with E-state index in [1.807, 2.05) is 0 Å². The smallest absolute Gasteiger partial charge is 0.250 e. The van der Waals surface area contributed by atoms with E-state index < -0.39 is 17.5 Å². The van der Waals surface area contributed by atoms with E-state index >= 15 is 0 Å². The first-order valence-electron chi connectivity index (χ1n) is 7.39. The molecule has 1 aromatic carbocycles. The van der Waals surface area contributed by atoms with Crippen molar-refractivity contribution < 1.29 is 13.2 Å². The summed E-state index contributed by atoms with van der Waals surface area (Å²) in [6, 6.07) is 3.77. The molecule has 0 spiro atoms. The van der Waals surface area contributed by atoms with Gasteiger partial charge in [-0.25, -0.2) is 27.8 Å². The normalized spacial score (nSPS) is 13.8. The summed E-state index contributed by atoms with van der Waals surface area (Å²) < 4.78 is 42.6. The highest BCUT2D eigenvalue weighted by Gasteiger charge is 2.26. The third-order valence-electron chi connectivity index (χ3n) is 3.96. The Bertz CT molecular complexity index is 908. The minimum Gasteiger partial charge on any atom is -0.312 e. The SMILES string of the molecule is Fc1ccc(-c2nn(-c3ncccn3)c3c2CNCC3)c(F)c1F. The topological polar surface area (TPSA) is 55.6 Å². The van der Waals surface area contributed by atoms with E-state index in [0.29, 0.717) is 18.9 Å². The summed E-state index contributed by atoms with van der Waals surface area (Å²) in [7, 11) is 0. The van der Waals surface area contributed by atoms with Crippen LogP contribution in [0.1, 0.15) is 11.3 Å². The molecule has 5 nitrogen and oxygen atoms in total. The standard InChI is InChI=1S/C16H12F3N5/c17-11-3-2-9(13(18)14(11)19)15-10-8-20-7-4-12(10)24(23-15)16-21-5-1-6-22-16/h1-3,5-6,20H,4,7-8H2. The quantitative estimate of drug-likeness (QED) is 0.733. The van der Waals surface area contributed by atoms with E-state index in [2.05, 4.69) is 20.4 Å². The van der Waals surface area contributed by atoms with Gasteiger partial charge in [-0.05, 0) is 18.2 Å². The van der Waals surface area contributed by atoms with Crippen LogP contribution in [-0.4, -0.2) is 26.3 Å². The third kappa shape index (κ3) is 2.26. The average molecular weight is 331 g/mol. The molecule has 0 unspecified atom stereocenters. The van der Waals surface area contributed by atoms with Crippen LogP contribution in [0.25, 0.3) is 17.2 Å². The van der Waals surface area contributed by atoms with E-state index in [0.717, 1.165) is 23.9 Å². The van der Waals surface area contributed by atoms with Gasteiger partial charge < -0.3 is 5.32 Å². The van der Waals surface area contributed by atoms with Crippen molar-refractivity contribution >= 4 is 0 Å². The van der Waals surface area contributed by atoms with Crippen molar-refractivity contribution in [2.45, 2.75) is 13.0 Å². The van der Waals surface area contributed by atoms with Gasteiger partial charge in [0.1, 0.15) is 5.69 Å². The Morgan fingerprint density at radius 3 is 2.62 bits per heavy atom. The molecule has 8 heteroatoms. The second kappa shape index (κ2) is 5.72. The molecule has 2 aromatic heterocycles. The first-order chi connectivity index (χ1) is 11.7. The number of nitrogens with zero attached hydrogens (tertiary/aromatic N) is 4. The monoisotopic (exact) mass is 331 g/mol. The zero-order chi connectivity index (χ0) is 16.7. The number of nitrogens with one attached hydrogen (secondary N) is 1. The molecule has 4 rings (SSSR count). The first kappa shape index (κ1) is 14.8. The van der Waals surface area contributed by atoms with Crippen molar-refractivity contribution in [2.24, 2.45) is 0 Å². The highest BCUT2D eigenvalue weighted by molar-refractivity contribution is 5.66. The van der Waals surface area contributed by atoms with Crippen LogP contribution < -0.4 is 5.32 Å². The minimum atomic E-state index is -1.50. The van der Waals surface area contributed by atoms with Crippen molar-refractivity contribution in [2.75, 3.05) is 6.54 Å². The summed E-state index contributed by atoms with van der Waals surface area (Å²) in [5.41, 5.74) is 1.75. The van der Waals surface area contributed by atoms with Crippen LogP contribution in [0.15, 0.2) is 30.6 Å². The zero-order valence-corrected chi connectivity index (χ0v) is 12.4. The molecule has 3 heterocycles. The molecule has 0 atom stereocenters. The van der Waals surface area contributed by atoms with Crippen LogP contribution in [0.3, 0.4) is 0 Å². The summed E-state index contributed by atoms with van der Waals surface area (Å²) >= 11 is 0. The third-order valence-corrected chi connectivity index (χ3v) is 3.96. The lowest BCUT2D eigenvalue weighted by Crippen LogP contribution is -2.25. The molecule has 3 aromatic rings. The van der Waals surface area contributed by atoms with Crippen molar-refractivity contribution in [1.82, 2.24) is 25.1 Å². The molecule has 0 radical (unpaired) electrons. The van der Waals surface area contributed by atoms with Crippen LogP contribution in [-0.2, 0) is 13.0 Å². The Hall–Kier alpha value is -2.74. The second-order valence-corrected chi connectivity index (χ2v) is 5.38. The number of hydrogen-bond acceptors (Lipinski definition) is 4. The van der Waals surface area contributed by atoms with E-state index in [9.17, 15) is 13.2 Å². The molecule has 0 bridgehead atoms. The lowest BCUT2D eigenvalue weighted by Gasteiger charge is -2.15. The molecular weight excluding hydrogens is 319 g/mol. The van der Waals surface area contributed by atoms with E-state index in [1.165, 1.54) is 10.7 Å². The average Bonchev–Trinajstić information content (AvgIpc) is 3.00. The Morgan fingerprint density at radius 1 is 1.04 bits per heavy atom. The molecule has 122 valence electrons. The first-order valence-corrected chi connectivity index (χ1v) is 7.39. The maximum Gasteiger partial charge on any atom is 0.250 e. The van der Waals surface area contributed by atoms with Crippen LogP contribution in [0.2, 0.25) is 0 Å². The fourth-order valence-electron chi connectivity index (χ4n) is 2.84. The molecular formula is C16H12F3N5. The van der Waals surface area contributed by atoms with Gasteiger partial charge in [0.25, 0.3) is 5.95 Å². The number of hydrogen-bond donors (Lipinski definition) is 1. The van der Waals surface area contributed by atoms with E-state index in [-0.39, 0.29) is 11.3 Å². The Morgan fingerprint density at radius 2 is 1.83 bits per heavy atom. The van der Waals surface area contributed by atoms with Gasteiger partial charge in [-0.2, -0.15) is 5.10 Å². The Labute approximate surface area is 135 Å². The molecule has 1 aliphatic heterocycles. The number of aromatic nitrogens is 4. The lowest BCUT2D eigenvalue weighted by atomic mass is 10.0. The van der Waals surface area contributed by atoms with Gasteiger partial charge in [-0.15, -0.1) is 0 Å². The van der Waals surface area contributed by atoms with Crippen molar-refractivity contribution in [3.05, 3.63) is 59.3 Å². The predicted molar refractivity (Wildman–Crippen MR) is 79.9 cm³/mol. The summed E-state index contributed by atoms with van der Waals surface area (Å²) in [4.78, 5) is 8.32. The van der Waals surface area contributed by atoms with Gasteiger partial charge in [0.2, 0.25) is 0 Å². The summed E-state index contributed by atoms with van der Waals surface area (Å²) in [5, 5.41) is 7.56. The molecule has 24 heavy (non-hydrogen) atoms. The zero-order valence-electron chi connectivity index (χ0n) is 12.4. The molecule has 1 N–H and O–H groups in total. The summed E-state index contributed by atoms with van der Waals surface area (Å²) in [6.45, 7) is 1.18. The second-order valence-electron chi connectivity index (χ2n) is 5.38. The molecule has 0 saturated carbocycles. The van der Waals surface area contributed by atoms with Gasteiger partial charge in [0, 0.05) is 43.0 Å². The van der Waals surface area contributed by atoms with Crippen molar-refractivity contribution in [1.29, 1.82) is 0 Å². The van der Waals surface area contributed by atoms with Crippen molar-refractivity contribution in [3.63, 3.8) is 0 Å². The highest BCUT2D eigenvalue weighted by Crippen LogP contribution is 2.31. The Balaban J connectivity index is 1.94. The molecule has 0 aliphatic carbocycles. The number of benzene rings is 1. The summed E-state index contributed by atoms with van der Waals surface area (Å²) in [6.07, 6.45) is 3.80. The van der Waals surface area contributed by atoms with Gasteiger partial charge in [0.15, 0.2) is 17.5 Å². The van der Waals surface area contributed by atoms with E-state index in [1.54, 1.807) is 18.5 Å². The van der Waals surface area contributed by atoms with Crippen LogP contribution in [0.4, 0.5) is 13.2 Å². The molecule has 0 amide bonds. The fraction of sp³-hybridized carbons (Fsp3) is 0.188. The Kier molecular flexibility index (Phi) is 3.53. The number of halogens is 3. The molecule has 1 aliphatic rings. The predicted octanol–water partition coefficient (Wildman–Crippen LogP) is 2.39. The number of fused-ring (bicyclic) bond motifs is 1. The van der Waals surface area contributed by atoms with Crippen LogP contribution in [0, 0.1) is 17.5 Å². The summed E-state index contributed by atoms with van der Waals surface area (Å²) in [5.74, 6) is -3.63. The number of rotatable bonds is 2. The lowest BCUT2D eigenvalue weighted by molar-refractivity contribution is 0.448. The molecule has 0 saturated heterocycles. The van der Waals surface area contributed by atoms with E-state index in [4.69, 9.17) is 0 Å². The van der Waals surface area contributed by atoms with Crippen LogP contribution in [0.5, 0.6) is 0 Å². The van der Waals surface area contributed by atoms with Crippen LogP contribution >= 0.6 is 0 Å². The fourth-order valence-corrected chi connectivity index (χ4v) is 2.84. The largest absolute Gasteiger partial charge is 0.312 e. The minimum absolute atomic E-state index is 0.0801. The van der Waals surface area contributed by atoms with Gasteiger partial charge in [0.05, 0.1) is 5.69 Å². The van der Waals surface area contributed by atoms with Crippen molar-refractivity contribution in [3.8, 4) is 17.2 Å². The maximum absolute atomic E-state index is 14.2. The van der Waals surface area contributed by atoms with Gasteiger partial charge in [-0.3, -0.25) is 0 Å². The molecule has 0 fully saturated rings. The highest BCUT2D eigenvalue weighted by atomic mass is 19.2. The maximum atomic E-state index is 14.2. The van der Waals surface area contributed by atoms with Gasteiger partial charge >= 0.3 is 0 Å². The van der Waals surface area contributed by atoms with Gasteiger partial charge in [-0.1, -0.05) is 0 Å².